The lowest BCUT2D eigenvalue weighted by Gasteiger charge is -2.21. The first kappa shape index (κ1) is 20.8. The molecule has 2 N–H and O–H groups in total. The summed E-state index contributed by atoms with van der Waals surface area (Å²) in [6, 6.07) is 10.9. The number of rotatable bonds is 8. The normalized spacial score (nSPS) is 11.7. The van der Waals surface area contributed by atoms with Crippen LogP contribution in [-0.2, 0) is 15.3 Å². The first-order valence-corrected chi connectivity index (χ1v) is 9.84. The van der Waals surface area contributed by atoms with Crippen LogP contribution in [0.2, 0.25) is 0 Å². The van der Waals surface area contributed by atoms with E-state index in [2.05, 4.69) is 15.6 Å². The van der Waals surface area contributed by atoms with Crippen LogP contribution in [0.4, 0.5) is 10.5 Å². The molecule has 0 aliphatic rings. The topological polar surface area (TPSA) is 80.3 Å². The van der Waals surface area contributed by atoms with Gasteiger partial charge in [0.15, 0.2) is 0 Å². The van der Waals surface area contributed by atoms with Gasteiger partial charge in [-0.15, -0.1) is 11.8 Å². The number of nitrogens with one attached hydrogen (secondary N) is 2. The molecule has 6 nitrogen and oxygen atoms in total. The molecule has 2 amide bonds. The summed E-state index contributed by atoms with van der Waals surface area (Å²) >= 11 is 1.70. The summed E-state index contributed by atoms with van der Waals surface area (Å²) in [6.45, 7) is 5.72. The molecule has 2 aromatic rings. The van der Waals surface area contributed by atoms with Crippen LogP contribution in [0.15, 0.2) is 53.7 Å². The number of hydrogen-bond donors (Lipinski definition) is 2. The number of ether oxygens (including phenoxy) is 1. The van der Waals surface area contributed by atoms with Crippen LogP contribution in [-0.4, -0.2) is 29.6 Å². The average Bonchev–Trinajstić information content (AvgIpc) is 2.66. The maximum absolute atomic E-state index is 12.5. The quantitative estimate of drug-likeness (QED) is 0.667. The van der Waals surface area contributed by atoms with E-state index >= 15 is 0 Å². The fourth-order valence-electron chi connectivity index (χ4n) is 2.34. The zero-order valence-electron chi connectivity index (χ0n) is 15.8. The third kappa shape index (κ3) is 6.94. The van der Waals surface area contributed by atoms with Gasteiger partial charge < -0.3 is 15.4 Å². The Labute approximate surface area is 164 Å². The second-order valence-electron chi connectivity index (χ2n) is 6.25. The van der Waals surface area contributed by atoms with Gasteiger partial charge in [-0.05, 0) is 48.7 Å². The minimum atomic E-state index is -0.663. The van der Waals surface area contributed by atoms with Gasteiger partial charge in [-0.3, -0.25) is 9.78 Å². The molecule has 0 saturated heterocycles. The third-order valence-electron chi connectivity index (χ3n) is 3.75. The molecule has 0 spiro atoms. The lowest BCUT2D eigenvalue weighted by molar-refractivity contribution is -0.119. The molecule has 0 saturated carbocycles. The number of benzene rings is 1. The highest BCUT2D eigenvalue weighted by molar-refractivity contribution is 7.98. The molecule has 1 aromatic heterocycles. The predicted molar refractivity (Wildman–Crippen MR) is 108 cm³/mol. The second-order valence-corrected chi connectivity index (χ2v) is 7.30. The highest BCUT2D eigenvalue weighted by Gasteiger charge is 2.24. The Bertz CT molecular complexity index is 736. The van der Waals surface area contributed by atoms with Crippen LogP contribution in [0.1, 0.15) is 26.3 Å². The van der Waals surface area contributed by atoms with Gasteiger partial charge in [0.2, 0.25) is 5.91 Å². The molecule has 144 valence electrons. The summed E-state index contributed by atoms with van der Waals surface area (Å²) in [5, 5.41) is 5.45. The van der Waals surface area contributed by atoms with Crippen molar-refractivity contribution in [1.82, 2.24) is 10.3 Å². The fraction of sp³-hybridized carbons (Fsp3) is 0.350. The van der Waals surface area contributed by atoms with E-state index < -0.39 is 12.1 Å². The van der Waals surface area contributed by atoms with Crippen LogP contribution in [0.5, 0.6) is 0 Å². The Balaban J connectivity index is 1.91. The number of anilines is 1. The molecule has 1 atom stereocenters. The zero-order valence-corrected chi connectivity index (χ0v) is 16.6. The van der Waals surface area contributed by atoms with Crippen molar-refractivity contribution < 1.29 is 14.3 Å². The number of aromatic nitrogens is 1. The van der Waals surface area contributed by atoms with E-state index in [0.717, 1.165) is 16.2 Å². The van der Waals surface area contributed by atoms with E-state index in [9.17, 15) is 9.59 Å². The molecule has 7 heteroatoms. The third-order valence-corrected chi connectivity index (χ3v) is 4.83. The van der Waals surface area contributed by atoms with Crippen LogP contribution in [0, 0.1) is 5.92 Å². The number of amides is 2. The highest BCUT2D eigenvalue weighted by Crippen LogP contribution is 2.24. The van der Waals surface area contributed by atoms with E-state index in [1.54, 1.807) is 24.9 Å². The monoisotopic (exact) mass is 387 g/mol. The van der Waals surface area contributed by atoms with E-state index in [0.29, 0.717) is 5.69 Å². The van der Waals surface area contributed by atoms with Gasteiger partial charge in [0.1, 0.15) is 6.04 Å². The maximum Gasteiger partial charge on any atom is 0.407 e. The van der Waals surface area contributed by atoms with Crippen molar-refractivity contribution in [1.29, 1.82) is 0 Å². The van der Waals surface area contributed by atoms with Crippen molar-refractivity contribution in [2.24, 2.45) is 5.92 Å². The molecule has 2 rings (SSSR count). The van der Waals surface area contributed by atoms with Crippen molar-refractivity contribution in [2.45, 2.75) is 37.5 Å². The lowest BCUT2D eigenvalue weighted by Crippen LogP contribution is -2.47. The molecule has 1 unspecified atom stereocenters. The Morgan fingerprint density at radius 2 is 1.93 bits per heavy atom. The molecule has 1 heterocycles. The van der Waals surface area contributed by atoms with E-state index in [1.807, 2.05) is 56.4 Å². The minimum absolute atomic E-state index is 0.0660. The van der Waals surface area contributed by atoms with Gasteiger partial charge in [-0.2, -0.15) is 0 Å². The Hall–Kier alpha value is -2.54. The van der Waals surface area contributed by atoms with Gasteiger partial charge in [0, 0.05) is 28.7 Å². The predicted octanol–water partition coefficient (Wildman–Crippen LogP) is 4.08. The SMILES string of the molecule is CCOC(=O)NC(C(=O)Nc1ccc(SCc2cccnc2)cc1)C(C)C. The molecule has 27 heavy (non-hydrogen) atoms. The van der Waals surface area contributed by atoms with Gasteiger partial charge in [0.05, 0.1) is 6.61 Å². The number of thioether (sulfide) groups is 1. The summed E-state index contributed by atoms with van der Waals surface area (Å²) in [6.07, 6.45) is 3.02. The number of carbonyl (C=O) groups excluding carboxylic acids is 2. The van der Waals surface area contributed by atoms with Crippen LogP contribution in [0.3, 0.4) is 0 Å². The second kappa shape index (κ2) is 10.6. The Morgan fingerprint density at radius 3 is 2.52 bits per heavy atom. The molecule has 0 aliphatic carbocycles. The lowest BCUT2D eigenvalue weighted by atomic mass is 10.0. The van der Waals surface area contributed by atoms with E-state index in [1.165, 1.54) is 0 Å². The molecule has 0 radical (unpaired) electrons. The number of nitrogens with zero attached hydrogens (tertiary/aromatic N) is 1. The smallest absolute Gasteiger partial charge is 0.407 e. The summed E-state index contributed by atoms with van der Waals surface area (Å²) in [4.78, 5) is 29.3. The first-order chi connectivity index (χ1) is 13.0. The van der Waals surface area contributed by atoms with Gasteiger partial charge in [-0.1, -0.05) is 19.9 Å². The van der Waals surface area contributed by atoms with Crippen molar-refractivity contribution in [3.05, 3.63) is 54.4 Å². The number of pyridine rings is 1. The molecule has 0 fully saturated rings. The number of hydrogen-bond acceptors (Lipinski definition) is 5. The average molecular weight is 388 g/mol. The van der Waals surface area contributed by atoms with Crippen LogP contribution >= 0.6 is 11.8 Å². The molecule has 1 aromatic carbocycles. The van der Waals surface area contributed by atoms with Crippen molar-refractivity contribution in [3.63, 3.8) is 0 Å². The summed E-state index contributed by atoms with van der Waals surface area (Å²) in [5.74, 6) is 0.496. The minimum Gasteiger partial charge on any atom is -0.450 e. The molecule has 0 bridgehead atoms. The van der Waals surface area contributed by atoms with Gasteiger partial charge in [-0.25, -0.2) is 4.79 Å². The van der Waals surface area contributed by atoms with E-state index in [-0.39, 0.29) is 18.4 Å². The summed E-state index contributed by atoms with van der Waals surface area (Å²) < 4.78 is 4.86. The summed E-state index contributed by atoms with van der Waals surface area (Å²) in [5.41, 5.74) is 1.84. The van der Waals surface area contributed by atoms with Crippen LogP contribution in [0.25, 0.3) is 0 Å². The maximum atomic E-state index is 12.5. The number of carbonyl (C=O) groups is 2. The molecular weight excluding hydrogens is 362 g/mol. The van der Waals surface area contributed by atoms with E-state index in [4.69, 9.17) is 4.74 Å². The largest absolute Gasteiger partial charge is 0.450 e. The Kier molecular flexibility index (Phi) is 8.13. The van der Waals surface area contributed by atoms with Crippen LogP contribution < -0.4 is 10.6 Å². The first-order valence-electron chi connectivity index (χ1n) is 8.85. The van der Waals surface area contributed by atoms with Crippen molar-refractivity contribution in [3.8, 4) is 0 Å². The number of alkyl carbamates (subject to hydrolysis) is 1. The summed E-state index contributed by atoms with van der Waals surface area (Å²) in [7, 11) is 0. The molecule has 0 aliphatic heterocycles. The standard InChI is InChI=1S/C20H25N3O3S/c1-4-26-20(25)23-18(14(2)3)19(24)22-16-7-9-17(10-8-16)27-13-15-6-5-11-21-12-15/h5-12,14,18H,4,13H2,1-3H3,(H,22,24)(H,23,25). The highest BCUT2D eigenvalue weighted by atomic mass is 32.2. The molecular formula is C20H25N3O3S. The fourth-order valence-corrected chi connectivity index (χ4v) is 3.17. The van der Waals surface area contributed by atoms with Crippen molar-refractivity contribution in [2.75, 3.05) is 11.9 Å². The Morgan fingerprint density at radius 1 is 1.19 bits per heavy atom. The van der Waals surface area contributed by atoms with Crippen molar-refractivity contribution >= 4 is 29.4 Å². The van der Waals surface area contributed by atoms with Gasteiger partial charge in [0.25, 0.3) is 0 Å². The zero-order chi connectivity index (χ0) is 19.6. The van der Waals surface area contributed by atoms with Gasteiger partial charge >= 0.3 is 6.09 Å².